The van der Waals surface area contributed by atoms with Crippen molar-refractivity contribution >= 4 is 23.1 Å². The zero-order chi connectivity index (χ0) is 15.0. The normalized spacial score (nSPS) is 13.3. The van der Waals surface area contributed by atoms with Crippen molar-refractivity contribution in [3.05, 3.63) is 30.3 Å². The van der Waals surface area contributed by atoms with E-state index >= 15 is 0 Å². The summed E-state index contributed by atoms with van der Waals surface area (Å²) in [6.45, 7) is 4.77. The number of carbonyl (C=O) groups is 1. The Morgan fingerprint density at radius 3 is 2.60 bits per heavy atom. The molecule has 5 heteroatoms. The van der Waals surface area contributed by atoms with Gasteiger partial charge in [0.25, 0.3) is 0 Å². The summed E-state index contributed by atoms with van der Waals surface area (Å²) in [5.74, 6) is 0.715. The minimum Gasteiger partial charge on any atom is -0.494 e. The first-order chi connectivity index (χ1) is 9.50. The second-order valence-corrected chi connectivity index (χ2v) is 5.26. The van der Waals surface area contributed by atoms with Crippen molar-refractivity contribution in [3.63, 3.8) is 0 Å². The second-order valence-electron chi connectivity index (χ2n) is 4.82. The highest BCUT2D eigenvalue weighted by molar-refractivity contribution is 7.80. The zero-order valence-electron chi connectivity index (χ0n) is 12.0. The molecule has 0 spiro atoms. The highest BCUT2D eigenvalue weighted by Crippen LogP contribution is 2.21. The van der Waals surface area contributed by atoms with Crippen molar-refractivity contribution in [1.29, 1.82) is 0 Å². The molecule has 1 unspecified atom stereocenters. The summed E-state index contributed by atoms with van der Waals surface area (Å²) in [6.07, 6.45) is 1.33. The van der Waals surface area contributed by atoms with E-state index in [1.807, 2.05) is 37.3 Å². The number of amides is 1. The number of rotatable bonds is 8. The molecule has 0 saturated heterocycles. The van der Waals surface area contributed by atoms with Crippen LogP contribution in [-0.2, 0) is 4.79 Å². The molecule has 0 saturated carbocycles. The van der Waals surface area contributed by atoms with Gasteiger partial charge in [0.2, 0.25) is 5.91 Å². The average Bonchev–Trinajstić information content (AvgIpc) is 2.46. The number of benzene rings is 1. The number of ether oxygens (including phenoxy) is 1. The van der Waals surface area contributed by atoms with E-state index in [4.69, 9.17) is 22.7 Å². The smallest absolute Gasteiger partial charge is 0.232 e. The molecule has 0 fully saturated rings. The minimum atomic E-state index is -0.768. The maximum absolute atomic E-state index is 12.1. The third-order valence-corrected chi connectivity index (χ3v) is 3.82. The van der Waals surface area contributed by atoms with Crippen LogP contribution >= 0.6 is 12.2 Å². The fraction of sp³-hybridized carbons (Fsp3) is 0.467. The second kappa shape index (κ2) is 7.85. The molecule has 20 heavy (non-hydrogen) atoms. The number of para-hydroxylation sites is 1. The fourth-order valence-electron chi connectivity index (χ4n) is 1.62. The Morgan fingerprint density at radius 2 is 2.05 bits per heavy atom. The van der Waals surface area contributed by atoms with Crippen LogP contribution in [0.15, 0.2) is 30.3 Å². The van der Waals surface area contributed by atoms with Crippen molar-refractivity contribution in [3.8, 4) is 5.75 Å². The van der Waals surface area contributed by atoms with Gasteiger partial charge in [0.15, 0.2) is 0 Å². The van der Waals surface area contributed by atoms with Gasteiger partial charge in [-0.15, -0.1) is 0 Å². The number of carbonyl (C=O) groups excluding carboxylic acids is 1. The molecule has 0 aromatic heterocycles. The first kappa shape index (κ1) is 16.4. The SMILES string of the molecule is CCC(C)(C(=O)NCCCOc1ccccc1)C(N)=S. The summed E-state index contributed by atoms with van der Waals surface area (Å²) in [6, 6.07) is 9.59. The van der Waals surface area contributed by atoms with Crippen LogP contribution < -0.4 is 15.8 Å². The summed E-state index contributed by atoms with van der Waals surface area (Å²) in [4.78, 5) is 12.3. The molecule has 1 amide bonds. The molecule has 0 bridgehead atoms. The van der Waals surface area contributed by atoms with Crippen molar-refractivity contribution in [2.24, 2.45) is 11.1 Å². The molecule has 1 aromatic rings. The van der Waals surface area contributed by atoms with E-state index in [0.717, 1.165) is 12.2 Å². The molecule has 0 aliphatic carbocycles. The van der Waals surface area contributed by atoms with Gasteiger partial charge in [-0.25, -0.2) is 0 Å². The Kier molecular flexibility index (Phi) is 6.45. The number of hydrogen-bond donors (Lipinski definition) is 2. The van der Waals surface area contributed by atoms with Crippen molar-refractivity contribution in [2.45, 2.75) is 26.7 Å². The summed E-state index contributed by atoms with van der Waals surface area (Å²) in [5, 5.41) is 2.86. The summed E-state index contributed by atoms with van der Waals surface area (Å²) >= 11 is 4.96. The molecular weight excluding hydrogens is 272 g/mol. The van der Waals surface area contributed by atoms with E-state index in [1.54, 1.807) is 6.92 Å². The van der Waals surface area contributed by atoms with Crippen molar-refractivity contribution in [1.82, 2.24) is 5.32 Å². The highest BCUT2D eigenvalue weighted by Gasteiger charge is 2.34. The largest absolute Gasteiger partial charge is 0.494 e. The van der Waals surface area contributed by atoms with Crippen LogP contribution in [0.5, 0.6) is 5.75 Å². The van der Waals surface area contributed by atoms with E-state index in [0.29, 0.717) is 19.6 Å². The molecule has 4 nitrogen and oxygen atoms in total. The molecule has 110 valence electrons. The quantitative estimate of drug-likeness (QED) is 0.570. The average molecular weight is 294 g/mol. The number of nitrogens with two attached hydrogens (primary N) is 1. The lowest BCUT2D eigenvalue weighted by atomic mass is 9.86. The number of hydrogen-bond acceptors (Lipinski definition) is 3. The van der Waals surface area contributed by atoms with Crippen LogP contribution in [0.25, 0.3) is 0 Å². The van der Waals surface area contributed by atoms with Crippen LogP contribution in [0.1, 0.15) is 26.7 Å². The van der Waals surface area contributed by atoms with E-state index in [9.17, 15) is 4.79 Å². The third-order valence-electron chi connectivity index (χ3n) is 3.37. The Labute approximate surface area is 125 Å². The van der Waals surface area contributed by atoms with Crippen LogP contribution in [-0.4, -0.2) is 24.0 Å². The molecule has 1 atom stereocenters. The topological polar surface area (TPSA) is 64.3 Å². The van der Waals surface area contributed by atoms with Crippen LogP contribution in [0.3, 0.4) is 0 Å². The summed E-state index contributed by atoms with van der Waals surface area (Å²) in [5.41, 5.74) is 4.87. The predicted molar refractivity (Wildman–Crippen MR) is 84.7 cm³/mol. The molecule has 0 radical (unpaired) electrons. The molecule has 3 N–H and O–H groups in total. The van der Waals surface area contributed by atoms with Gasteiger partial charge in [-0.2, -0.15) is 0 Å². The van der Waals surface area contributed by atoms with E-state index in [-0.39, 0.29) is 10.9 Å². The van der Waals surface area contributed by atoms with Gasteiger partial charge in [0.1, 0.15) is 5.75 Å². The molecular formula is C15H22N2O2S. The van der Waals surface area contributed by atoms with Gasteiger partial charge in [0, 0.05) is 6.54 Å². The standard InChI is InChI=1S/C15H22N2O2S/c1-3-15(2,13(16)20)14(18)17-10-7-11-19-12-8-5-4-6-9-12/h4-6,8-9H,3,7,10-11H2,1-2H3,(H2,16,20)(H,17,18). The molecule has 1 rings (SSSR count). The first-order valence-corrected chi connectivity index (χ1v) is 7.17. The lowest BCUT2D eigenvalue weighted by molar-refractivity contribution is -0.127. The van der Waals surface area contributed by atoms with Crippen LogP contribution in [0, 0.1) is 5.41 Å². The van der Waals surface area contributed by atoms with Gasteiger partial charge in [0.05, 0.1) is 17.0 Å². The summed E-state index contributed by atoms with van der Waals surface area (Å²) in [7, 11) is 0. The Morgan fingerprint density at radius 1 is 1.40 bits per heavy atom. The van der Waals surface area contributed by atoms with Gasteiger partial charge in [-0.1, -0.05) is 37.3 Å². The van der Waals surface area contributed by atoms with E-state index < -0.39 is 5.41 Å². The zero-order valence-corrected chi connectivity index (χ0v) is 12.8. The fourth-order valence-corrected chi connectivity index (χ4v) is 1.86. The Balaban J connectivity index is 2.27. The Hall–Kier alpha value is -1.62. The predicted octanol–water partition coefficient (Wildman–Crippen LogP) is 2.27. The van der Waals surface area contributed by atoms with Crippen LogP contribution in [0.4, 0.5) is 0 Å². The van der Waals surface area contributed by atoms with Gasteiger partial charge < -0.3 is 15.8 Å². The third kappa shape index (κ3) is 4.49. The summed E-state index contributed by atoms with van der Waals surface area (Å²) < 4.78 is 5.55. The van der Waals surface area contributed by atoms with Gasteiger partial charge in [-0.05, 0) is 31.9 Å². The van der Waals surface area contributed by atoms with Gasteiger partial charge >= 0.3 is 0 Å². The molecule has 1 aromatic carbocycles. The van der Waals surface area contributed by atoms with Gasteiger partial charge in [-0.3, -0.25) is 4.79 Å². The van der Waals surface area contributed by atoms with Crippen molar-refractivity contribution in [2.75, 3.05) is 13.2 Å². The molecule has 0 aliphatic heterocycles. The monoisotopic (exact) mass is 294 g/mol. The highest BCUT2D eigenvalue weighted by atomic mass is 32.1. The lowest BCUT2D eigenvalue weighted by Crippen LogP contribution is -2.46. The number of thiocarbonyl (C=S) groups is 1. The van der Waals surface area contributed by atoms with E-state index in [2.05, 4.69) is 5.32 Å². The first-order valence-electron chi connectivity index (χ1n) is 6.76. The minimum absolute atomic E-state index is 0.118. The van der Waals surface area contributed by atoms with Crippen molar-refractivity contribution < 1.29 is 9.53 Å². The van der Waals surface area contributed by atoms with E-state index in [1.165, 1.54) is 0 Å². The maximum atomic E-state index is 12.1. The number of nitrogens with one attached hydrogen (secondary N) is 1. The molecule has 0 heterocycles. The Bertz CT molecular complexity index is 450. The lowest BCUT2D eigenvalue weighted by Gasteiger charge is -2.25. The molecule has 0 aliphatic rings. The maximum Gasteiger partial charge on any atom is 0.232 e. The van der Waals surface area contributed by atoms with Crippen LogP contribution in [0.2, 0.25) is 0 Å².